The molecule has 0 saturated carbocycles. The van der Waals surface area contributed by atoms with Gasteiger partial charge in [0.25, 0.3) is 0 Å². The third-order valence-corrected chi connectivity index (χ3v) is 7.74. The number of rotatable bonds is 4. The van der Waals surface area contributed by atoms with Gasteiger partial charge in [-0.05, 0) is 85.2 Å². The molecule has 0 unspecified atom stereocenters. The zero-order valence-electron chi connectivity index (χ0n) is 16.6. The van der Waals surface area contributed by atoms with Crippen molar-refractivity contribution in [2.45, 2.75) is 71.1 Å². The lowest BCUT2D eigenvalue weighted by Gasteiger charge is -2.42. The zero-order valence-corrected chi connectivity index (χ0v) is 18.2. The summed E-state index contributed by atoms with van der Waals surface area (Å²) in [7, 11) is 0. The van der Waals surface area contributed by atoms with Gasteiger partial charge in [0.15, 0.2) is 0 Å². The molecular weight excluding hydrogens is 404 g/mol. The van der Waals surface area contributed by atoms with Gasteiger partial charge in [0.05, 0.1) is 4.47 Å². The van der Waals surface area contributed by atoms with Gasteiger partial charge in [0, 0.05) is 23.7 Å². The Kier molecular flexibility index (Phi) is 5.79. The van der Waals surface area contributed by atoms with E-state index in [0.29, 0.717) is 16.5 Å². The minimum atomic E-state index is -0.219. The van der Waals surface area contributed by atoms with Crippen molar-refractivity contribution in [3.63, 3.8) is 0 Å². The summed E-state index contributed by atoms with van der Waals surface area (Å²) >= 11 is 3.62. The third kappa shape index (κ3) is 3.36. The molecule has 27 heavy (non-hydrogen) atoms. The van der Waals surface area contributed by atoms with Crippen LogP contribution in [0.5, 0.6) is 11.5 Å². The average Bonchev–Trinajstić information content (AvgIpc) is 2.63. The molecule has 3 N–H and O–H groups in total. The first-order valence-corrected chi connectivity index (χ1v) is 10.7. The molecule has 0 aromatic heterocycles. The number of aliphatic hydroxyl groups is 1. The van der Waals surface area contributed by atoms with Gasteiger partial charge in [-0.15, -0.1) is 0 Å². The van der Waals surface area contributed by atoms with Crippen molar-refractivity contribution >= 4 is 15.9 Å². The summed E-state index contributed by atoms with van der Waals surface area (Å²) in [5.41, 5.74) is 4.63. The largest absolute Gasteiger partial charge is 0.507 e. The molecule has 0 amide bonds. The third-order valence-electron chi connectivity index (χ3n) is 6.89. The van der Waals surface area contributed by atoms with E-state index >= 15 is 0 Å². The summed E-state index contributed by atoms with van der Waals surface area (Å²) in [5.74, 6) is 0.368. The lowest BCUT2D eigenvalue weighted by Crippen LogP contribution is -2.29. The molecule has 0 heterocycles. The molecule has 2 aliphatic rings. The van der Waals surface area contributed by atoms with Crippen molar-refractivity contribution in [2.75, 3.05) is 6.61 Å². The number of phenolic OH excluding ortho intramolecular Hbond substituents is 2. The number of phenols is 2. The van der Waals surface area contributed by atoms with Crippen molar-refractivity contribution < 1.29 is 15.3 Å². The molecule has 3 nitrogen and oxygen atoms in total. The number of hydrogen-bond acceptors (Lipinski definition) is 3. The minimum Gasteiger partial charge on any atom is -0.507 e. The molecule has 1 aromatic carbocycles. The maximum atomic E-state index is 11.4. The number of aromatic hydroxyl groups is 2. The normalized spacial score (nSPS) is 27.8. The molecule has 0 radical (unpaired) electrons. The molecule has 4 heteroatoms. The smallest absolute Gasteiger partial charge is 0.137 e. The quantitative estimate of drug-likeness (QED) is 0.503. The molecule has 1 aromatic rings. The molecule has 0 saturated heterocycles. The lowest BCUT2D eigenvalue weighted by molar-refractivity contribution is 0.266. The van der Waals surface area contributed by atoms with Crippen LogP contribution in [0.15, 0.2) is 28.3 Å². The molecule has 148 valence electrons. The van der Waals surface area contributed by atoms with Crippen LogP contribution in [0.2, 0.25) is 0 Å². The highest BCUT2D eigenvalue weighted by atomic mass is 79.9. The lowest BCUT2D eigenvalue weighted by atomic mass is 9.62. The molecule has 3 atom stereocenters. The van der Waals surface area contributed by atoms with E-state index in [1.54, 1.807) is 0 Å². The summed E-state index contributed by atoms with van der Waals surface area (Å²) in [4.78, 5) is 0. The fourth-order valence-corrected chi connectivity index (χ4v) is 5.54. The highest BCUT2D eigenvalue weighted by Crippen LogP contribution is 2.58. The summed E-state index contributed by atoms with van der Waals surface area (Å²) in [6.07, 6.45) is 7.56. The highest BCUT2D eigenvalue weighted by molar-refractivity contribution is 9.10. The monoisotopic (exact) mass is 434 g/mol. The van der Waals surface area contributed by atoms with Gasteiger partial charge in [-0.2, -0.15) is 0 Å². The van der Waals surface area contributed by atoms with Gasteiger partial charge < -0.3 is 15.3 Å². The Bertz CT molecular complexity index is 796. The molecule has 0 bridgehead atoms. The van der Waals surface area contributed by atoms with Crippen LogP contribution in [0.3, 0.4) is 0 Å². The van der Waals surface area contributed by atoms with Crippen molar-refractivity contribution in [1.29, 1.82) is 0 Å². The van der Waals surface area contributed by atoms with Crippen molar-refractivity contribution in [3.8, 4) is 11.5 Å². The predicted octanol–water partition coefficient (Wildman–Crippen LogP) is 6.07. The van der Waals surface area contributed by atoms with Crippen LogP contribution in [0.25, 0.3) is 0 Å². The van der Waals surface area contributed by atoms with Crippen molar-refractivity contribution in [2.24, 2.45) is 5.41 Å². The van der Waals surface area contributed by atoms with Gasteiger partial charge in [-0.25, -0.2) is 0 Å². The first kappa shape index (κ1) is 20.5. The fraction of sp³-hybridized carbons (Fsp3) is 0.565. The van der Waals surface area contributed by atoms with Crippen LogP contribution < -0.4 is 0 Å². The summed E-state index contributed by atoms with van der Waals surface area (Å²) < 4.78 is 0.702. The van der Waals surface area contributed by atoms with Crippen LogP contribution in [0.1, 0.15) is 81.4 Å². The number of hydrogen-bond donors (Lipinski definition) is 3. The Morgan fingerprint density at radius 3 is 2.59 bits per heavy atom. The van der Waals surface area contributed by atoms with E-state index in [-0.39, 0.29) is 35.4 Å². The van der Waals surface area contributed by atoms with Crippen LogP contribution in [-0.4, -0.2) is 21.9 Å². The summed E-state index contributed by atoms with van der Waals surface area (Å²) in [6.45, 7) is 10.7. The maximum absolute atomic E-state index is 11.4. The van der Waals surface area contributed by atoms with E-state index in [2.05, 4.69) is 42.4 Å². The molecule has 3 rings (SSSR count). The Hall–Kier alpha value is -1.26. The van der Waals surface area contributed by atoms with E-state index < -0.39 is 0 Å². The van der Waals surface area contributed by atoms with Crippen molar-refractivity contribution in [1.82, 2.24) is 0 Å². The van der Waals surface area contributed by atoms with E-state index in [1.165, 1.54) is 5.57 Å². The van der Waals surface area contributed by atoms with Gasteiger partial charge in [0.1, 0.15) is 11.5 Å². The molecule has 0 fully saturated rings. The Labute approximate surface area is 170 Å². The molecule has 2 aliphatic carbocycles. The van der Waals surface area contributed by atoms with Crippen LogP contribution in [-0.2, 0) is 6.42 Å². The topological polar surface area (TPSA) is 60.7 Å². The van der Waals surface area contributed by atoms with E-state index in [4.69, 9.17) is 0 Å². The summed E-state index contributed by atoms with van der Waals surface area (Å²) in [5, 5.41) is 32.0. The molecular formula is C23H31BrO3. The Morgan fingerprint density at radius 1 is 1.26 bits per heavy atom. The van der Waals surface area contributed by atoms with E-state index in [9.17, 15) is 15.3 Å². The van der Waals surface area contributed by atoms with Crippen LogP contribution in [0, 0.1) is 5.41 Å². The maximum Gasteiger partial charge on any atom is 0.137 e. The predicted molar refractivity (Wildman–Crippen MR) is 114 cm³/mol. The first-order valence-electron chi connectivity index (χ1n) is 9.92. The van der Waals surface area contributed by atoms with Crippen molar-refractivity contribution in [3.05, 3.63) is 45.0 Å². The summed E-state index contributed by atoms with van der Waals surface area (Å²) in [6, 6.07) is 0. The van der Waals surface area contributed by atoms with Gasteiger partial charge in [-0.3, -0.25) is 0 Å². The second-order valence-corrected chi connectivity index (χ2v) is 9.40. The fourth-order valence-electron chi connectivity index (χ4n) is 4.92. The van der Waals surface area contributed by atoms with E-state index in [1.807, 2.05) is 6.92 Å². The number of halogens is 1. The standard InChI is InChI=1S/C23H31BrO3/c1-13(2)23(4)10-8-14(3)12-17(23)19-21(26)18-15(9-11-25)6-5-7-16(18)20(24)22(19)27/h12,15,17,25-27H,1,5-11H2,2-4H3/t15-,17-,23-/m0/s1. The van der Waals surface area contributed by atoms with Crippen LogP contribution in [0.4, 0.5) is 0 Å². The first-order chi connectivity index (χ1) is 12.7. The SMILES string of the molecule is C=C(C)[C@]1(C)CCC(C)=C[C@H]1c1c(O)c(Br)c2c(c1O)[C@H](CCO)CCC2. The molecule has 0 aliphatic heterocycles. The van der Waals surface area contributed by atoms with E-state index in [0.717, 1.165) is 48.8 Å². The Balaban J connectivity index is 2.27. The average molecular weight is 435 g/mol. The second kappa shape index (κ2) is 7.63. The van der Waals surface area contributed by atoms with Crippen LogP contribution >= 0.6 is 15.9 Å². The number of benzene rings is 1. The number of aliphatic hydroxyl groups excluding tert-OH is 1. The van der Waals surface area contributed by atoms with Gasteiger partial charge >= 0.3 is 0 Å². The number of allylic oxidation sites excluding steroid dienone is 3. The second-order valence-electron chi connectivity index (χ2n) is 8.61. The molecule has 0 spiro atoms. The Morgan fingerprint density at radius 2 is 1.96 bits per heavy atom. The highest BCUT2D eigenvalue weighted by Gasteiger charge is 2.42. The number of fused-ring (bicyclic) bond motifs is 1. The van der Waals surface area contributed by atoms with Gasteiger partial charge in [0.2, 0.25) is 0 Å². The zero-order chi connectivity index (χ0) is 19.9. The van der Waals surface area contributed by atoms with Gasteiger partial charge in [-0.1, -0.05) is 30.7 Å². The minimum absolute atomic E-state index is 0.100.